The third-order valence-electron chi connectivity index (χ3n) is 6.25. The molecule has 2 aromatic rings. The highest BCUT2D eigenvalue weighted by atomic mass is 19.4. The molecule has 12 heteroatoms. The van der Waals surface area contributed by atoms with Crippen molar-refractivity contribution in [1.82, 2.24) is 20.1 Å². The molecule has 2 saturated heterocycles. The smallest absolute Gasteiger partial charge is 0.381 e. The predicted octanol–water partition coefficient (Wildman–Crippen LogP) is 2.19. The summed E-state index contributed by atoms with van der Waals surface area (Å²) in [5.41, 5.74) is 0.201. The molecule has 4 rings (SSSR count). The first-order valence-electron chi connectivity index (χ1n) is 11.2. The molecule has 0 unspecified atom stereocenters. The molecule has 9 nitrogen and oxygen atoms in total. The van der Waals surface area contributed by atoms with Crippen LogP contribution in [0.3, 0.4) is 0 Å². The summed E-state index contributed by atoms with van der Waals surface area (Å²) in [4.78, 5) is 32.0. The molecular formula is C22H27F3N6O3. The molecule has 2 atom stereocenters. The Morgan fingerprint density at radius 2 is 1.91 bits per heavy atom. The number of carbonyl (C=O) groups excluding carboxylic acids is 1. The predicted molar refractivity (Wildman–Crippen MR) is 119 cm³/mol. The number of alkyl halides is 3. The number of amides is 1. The van der Waals surface area contributed by atoms with Crippen molar-refractivity contribution in [2.24, 2.45) is 0 Å². The van der Waals surface area contributed by atoms with Crippen LogP contribution in [0.15, 0.2) is 29.3 Å². The highest BCUT2D eigenvalue weighted by Gasteiger charge is 2.32. The van der Waals surface area contributed by atoms with Crippen molar-refractivity contribution in [2.75, 3.05) is 42.9 Å². The second kappa shape index (κ2) is 10.00. The molecular weight excluding hydrogens is 453 g/mol. The molecule has 2 aliphatic rings. The Balaban J connectivity index is 1.21. The van der Waals surface area contributed by atoms with Gasteiger partial charge < -0.3 is 19.9 Å². The number of aromatic amines is 1. The van der Waals surface area contributed by atoms with E-state index in [9.17, 15) is 22.8 Å². The maximum atomic E-state index is 12.7. The fourth-order valence-corrected chi connectivity index (χ4v) is 4.19. The number of aromatic nitrogens is 3. The fraction of sp³-hybridized carbons (Fsp3) is 0.545. The van der Waals surface area contributed by atoms with E-state index in [0.29, 0.717) is 56.2 Å². The van der Waals surface area contributed by atoms with Gasteiger partial charge in [0.25, 0.3) is 5.56 Å². The molecule has 1 amide bonds. The van der Waals surface area contributed by atoms with Crippen LogP contribution in [0.2, 0.25) is 0 Å². The third-order valence-corrected chi connectivity index (χ3v) is 6.25. The first-order valence-corrected chi connectivity index (χ1v) is 11.2. The number of nitrogens with zero attached hydrogens (tertiary/aromatic N) is 4. The van der Waals surface area contributed by atoms with E-state index >= 15 is 0 Å². The monoisotopic (exact) mass is 480 g/mol. The van der Waals surface area contributed by atoms with Gasteiger partial charge in [-0.2, -0.15) is 18.3 Å². The minimum atomic E-state index is -4.41. The van der Waals surface area contributed by atoms with Crippen LogP contribution in [-0.4, -0.2) is 70.9 Å². The number of carbonyl (C=O) groups is 1. The van der Waals surface area contributed by atoms with E-state index in [-0.39, 0.29) is 23.7 Å². The summed E-state index contributed by atoms with van der Waals surface area (Å²) < 4.78 is 44.2. The third kappa shape index (κ3) is 5.66. The van der Waals surface area contributed by atoms with Crippen LogP contribution < -0.4 is 15.8 Å². The maximum absolute atomic E-state index is 12.7. The summed E-state index contributed by atoms with van der Waals surface area (Å²) >= 11 is 0. The quantitative estimate of drug-likeness (QED) is 0.653. The summed E-state index contributed by atoms with van der Waals surface area (Å²) in [6, 6.07) is 2.39. The van der Waals surface area contributed by atoms with E-state index in [2.05, 4.69) is 20.5 Å². The Hall–Kier alpha value is -3.15. The van der Waals surface area contributed by atoms with Gasteiger partial charge in [0.1, 0.15) is 5.82 Å². The van der Waals surface area contributed by atoms with Crippen LogP contribution >= 0.6 is 0 Å². The molecule has 0 aromatic carbocycles. The van der Waals surface area contributed by atoms with Gasteiger partial charge in [0.05, 0.1) is 36.1 Å². The first-order chi connectivity index (χ1) is 16.2. The number of pyridine rings is 1. The minimum absolute atomic E-state index is 0.00766. The summed E-state index contributed by atoms with van der Waals surface area (Å²) in [6.45, 7) is 4.21. The van der Waals surface area contributed by atoms with E-state index in [0.717, 1.165) is 25.1 Å². The van der Waals surface area contributed by atoms with E-state index in [1.165, 1.54) is 6.07 Å². The first kappa shape index (κ1) is 24.0. The molecule has 0 aliphatic carbocycles. The van der Waals surface area contributed by atoms with Crippen LogP contribution in [0.1, 0.15) is 30.4 Å². The normalized spacial score (nSPS) is 21.1. The van der Waals surface area contributed by atoms with Crippen molar-refractivity contribution >= 4 is 17.4 Å². The molecule has 2 fully saturated rings. The molecule has 0 bridgehead atoms. The zero-order valence-electron chi connectivity index (χ0n) is 18.8. The standard InChI is InChI=1S/C22H27F3N6O3/c1-14-18(13-28-29-21(14)33)26-12-17-4-3-16(34-17)10-20(32)31-8-6-30(7-9-31)19-5-2-15(11-27-19)22(23,24)25/h2,5,11,13,16-17H,3-4,6-10,12H2,1H3,(H2,26,29,33)/t16-,17-/m0/s1. The van der Waals surface area contributed by atoms with Gasteiger partial charge in [-0.15, -0.1) is 0 Å². The topological polar surface area (TPSA) is 103 Å². The van der Waals surface area contributed by atoms with Gasteiger partial charge in [-0.25, -0.2) is 10.1 Å². The number of ether oxygens (including phenoxy) is 1. The second-order valence-corrected chi connectivity index (χ2v) is 8.55. The minimum Gasteiger partial charge on any atom is -0.381 e. The van der Waals surface area contributed by atoms with Gasteiger partial charge in [-0.3, -0.25) is 9.59 Å². The number of anilines is 2. The van der Waals surface area contributed by atoms with E-state index < -0.39 is 11.7 Å². The molecule has 184 valence electrons. The van der Waals surface area contributed by atoms with Gasteiger partial charge in [0.15, 0.2) is 0 Å². The van der Waals surface area contributed by atoms with Gasteiger partial charge in [0.2, 0.25) is 5.91 Å². The van der Waals surface area contributed by atoms with Crippen molar-refractivity contribution in [1.29, 1.82) is 0 Å². The SMILES string of the molecule is Cc1c(NC[C@@H]2CC[C@@H](CC(=O)N3CCN(c4ccc(C(F)(F)F)cn4)CC3)O2)cn[nH]c1=O. The lowest BCUT2D eigenvalue weighted by molar-refractivity contribution is -0.138. The Bertz CT molecular complexity index is 1050. The summed E-state index contributed by atoms with van der Waals surface area (Å²) in [7, 11) is 0. The Kier molecular flexibility index (Phi) is 7.05. The number of hydrogen-bond acceptors (Lipinski definition) is 7. The number of nitrogens with one attached hydrogen (secondary N) is 2. The number of H-pyrrole nitrogens is 1. The van der Waals surface area contributed by atoms with Crippen LogP contribution in [0, 0.1) is 6.92 Å². The Morgan fingerprint density at radius 1 is 1.18 bits per heavy atom. The zero-order chi connectivity index (χ0) is 24.3. The molecule has 0 saturated carbocycles. The van der Waals surface area contributed by atoms with Crippen molar-refractivity contribution in [3.63, 3.8) is 0 Å². The van der Waals surface area contributed by atoms with Gasteiger partial charge in [-0.05, 0) is 31.9 Å². The van der Waals surface area contributed by atoms with Crippen LogP contribution in [0.25, 0.3) is 0 Å². The second-order valence-electron chi connectivity index (χ2n) is 8.55. The zero-order valence-corrected chi connectivity index (χ0v) is 18.8. The maximum Gasteiger partial charge on any atom is 0.417 e. The number of halogens is 3. The molecule has 4 heterocycles. The molecule has 0 radical (unpaired) electrons. The van der Waals surface area contributed by atoms with Crippen molar-refractivity contribution in [3.05, 3.63) is 46.0 Å². The van der Waals surface area contributed by atoms with Crippen LogP contribution in [-0.2, 0) is 15.7 Å². The highest BCUT2D eigenvalue weighted by molar-refractivity contribution is 5.77. The lowest BCUT2D eigenvalue weighted by Gasteiger charge is -2.36. The summed E-state index contributed by atoms with van der Waals surface area (Å²) in [5.74, 6) is 0.480. The van der Waals surface area contributed by atoms with Crippen LogP contribution in [0.4, 0.5) is 24.7 Å². The van der Waals surface area contributed by atoms with Crippen molar-refractivity contribution < 1.29 is 22.7 Å². The lowest BCUT2D eigenvalue weighted by atomic mass is 10.1. The number of hydrogen-bond donors (Lipinski definition) is 2. The lowest BCUT2D eigenvalue weighted by Crippen LogP contribution is -2.49. The van der Waals surface area contributed by atoms with E-state index in [4.69, 9.17) is 4.74 Å². The van der Waals surface area contributed by atoms with E-state index in [1.54, 1.807) is 18.0 Å². The van der Waals surface area contributed by atoms with Gasteiger partial charge in [0, 0.05) is 44.5 Å². The summed E-state index contributed by atoms with van der Waals surface area (Å²) in [5, 5.41) is 9.36. The molecule has 2 N–H and O–H groups in total. The average Bonchev–Trinajstić information content (AvgIpc) is 3.27. The van der Waals surface area contributed by atoms with Crippen LogP contribution in [0.5, 0.6) is 0 Å². The largest absolute Gasteiger partial charge is 0.417 e. The van der Waals surface area contributed by atoms with E-state index in [1.807, 2.05) is 4.90 Å². The summed E-state index contributed by atoms with van der Waals surface area (Å²) in [6.07, 6.45) is -0.346. The van der Waals surface area contributed by atoms with Crippen molar-refractivity contribution in [3.8, 4) is 0 Å². The molecule has 2 aromatic heterocycles. The molecule has 0 spiro atoms. The average molecular weight is 480 g/mol. The van der Waals surface area contributed by atoms with Gasteiger partial charge in [-0.1, -0.05) is 0 Å². The fourth-order valence-electron chi connectivity index (χ4n) is 4.19. The molecule has 34 heavy (non-hydrogen) atoms. The Morgan fingerprint density at radius 3 is 2.59 bits per heavy atom. The number of rotatable bonds is 6. The Labute approximate surface area is 194 Å². The van der Waals surface area contributed by atoms with Crippen molar-refractivity contribution in [2.45, 2.75) is 44.6 Å². The number of piperazine rings is 1. The van der Waals surface area contributed by atoms with Gasteiger partial charge >= 0.3 is 6.18 Å². The molecule has 2 aliphatic heterocycles. The highest BCUT2D eigenvalue weighted by Crippen LogP contribution is 2.29.